The van der Waals surface area contributed by atoms with Gasteiger partial charge in [0.1, 0.15) is 0 Å². The normalized spacial score (nSPS) is 11.3. The number of aryl methyl sites for hydroxylation is 2. The van der Waals surface area contributed by atoms with Gasteiger partial charge in [0.15, 0.2) is 5.13 Å². The smallest absolute Gasteiger partial charge is 0.271 e. The number of carbonyl (C=O) groups excluding carboxylic acids is 1. The Hall–Kier alpha value is -4.49. The van der Waals surface area contributed by atoms with Gasteiger partial charge in [-0.15, -0.1) is 11.3 Å². The third kappa shape index (κ3) is 6.05. The van der Waals surface area contributed by atoms with Crippen molar-refractivity contribution in [3.8, 4) is 16.9 Å². The average Bonchev–Trinajstić information content (AvgIpc) is 3.53. The summed E-state index contributed by atoms with van der Waals surface area (Å²) < 4.78 is 2.20. The number of aromatic nitrogens is 2. The topological polar surface area (TPSA) is 71.3 Å². The number of hydrogen-bond donors (Lipinski definition) is 2. The number of nitrogens with one attached hydrogen (secondary N) is 2. The lowest BCUT2D eigenvalue weighted by molar-refractivity contribution is 0.0955. The molecule has 2 N–H and O–H groups in total. The molecule has 0 saturated heterocycles. The maximum atomic E-state index is 12.7. The number of rotatable bonds is 8. The predicted octanol–water partition coefficient (Wildman–Crippen LogP) is 8.16. The molecule has 0 spiro atoms. The SMILES string of the molecule is Cc1ccc(Nc2nc(-c3ccc(C(=O)N/N=C\c4cc(C)n(-c5ccc(C(C)C)cc5)c4C)cc3)cs2)cc1. The molecule has 5 aromatic rings. The summed E-state index contributed by atoms with van der Waals surface area (Å²) in [7, 11) is 0. The summed E-state index contributed by atoms with van der Waals surface area (Å²) in [6.07, 6.45) is 1.70. The van der Waals surface area contributed by atoms with E-state index in [2.05, 4.69) is 102 Å². The van der Waals surface area contributed by atoms with E-state index in [4.69, 9.17) is 0 Å². The zero-order valence-electron chi connectivity index (χ0n) is 23.4. The standard InChI is InChI=1S/C33H33N5OS/c1-21(2)25-12-16-30(17-13-25)38-23(4)18-28(24(38)5)19-34-37-32(39)27-10-8-26(9-11-27)31-20-40-33(36-31)35-29-14-6-22(3)7-15-29/h6-21H,1-5H3,(H,35,36)(H,37,39)/b34-19-. The first-order valence-corrected chi connectivity index (χ1v) is 14.2. The number of hydrogen-bond acceptors (Lipinski definition) is 5. The first-order chi connectivity index (χ1) is 19.3. The van der Waals surface area contributed by atoms with Crippen LogP contribution in [-0.2, 0) is 0 Å². The van der Waals surface area contributed by atoms with Gasteiger partial charge in [-0.25, -0.2) is 10.4 Å². The van der Waals surface area contributed by atoms with E-state index in [9.17, 15) is 4.79 Å². The third-order valence-corrected chi connectivity index (χ3v) is 7.67. The number of hydrazone groups is 1. The lowest BCUT2D eigenvalue weighted by Gasteiger charge is -2.12. The molecule has 3 aromatic carbocycles. The van der Waals surface area contributed by atoms with Gasteiger partial charge in [-0.1, -0.05) is 55.8 Å². The number of nitrogens with zero attached hydrogens (tertiary/aromatic N) is 3. The highest BCUT2D eigenvalue weighted by atomic mass is 32.1. The first kappa shape index (κ1) is 27.1. The minimum atomic E-state index is -0.263. The van der Waals surface area contributed by atoms with Gasteiger partial charge in [0, 0.05) is 44.8 Å². The number of carbonyl (C=O) groups is 1. The molecule has 0 aliphatic carbocycles. The van der Waals surface area contributed by atoms with Crippen LogP contribution in [0.2, 0.25) is 0 Å². The van der Waals surface area contributed by atoms with E-state index in [0.717, 1.165) is 44.7 Å². The van der Waals surface area contributed by atoms with Gasteiger partial charge < -0.3 is 9.88 Å². The monoisotopic (exact) mass is 547 g/mol. The van der Waals surface area contributed by atoms with Crippen LogP contribution in [0, 0.1) is 20.8 Å². The summed E-state index contributed by atoms with van der Waals surface area (Å²) in [6.45, 7) is 10.6. The maximum absolute atomic E-state index is 12.7. The summed E-state index contributed by atoms with van der Waals surface area (Å²) >= 11 is 1.54. The average molecular weight is 548 g/mol. The predicted molar refractivity (Wildman–Crippen MR) is 166 cm³/mol. The van der Waals surface area contributed by atoms with Crippen molar-refractivity contribution in [2.75, 3.05) is 5.32 Å². The van der Waals surface area contributed by atoms with Crippen molar-refractivity contribution in [3.63, 3.8) is 0 Å². The Kier molecular flexibility index (Phi) is 7.94. The van der Waals surface area contributed by atoms with E-state index < -0.39 is 0 Å². The van der Waals surface area contributed by atoms with Gasteiger partial charge >= 0.3 is 0 Å². The van der Waals surface area contributed by atoms with E-state index >= 15 is 0 Å². The van der Waals surface area contributed by atoms with Crippen LogP contribution in [0.25, 0.3) is 16.9 Å². The van der Waals surface area contributed by atoms with Gasteiger partial charge in [-0.05, 0) is 74.7 Å². The van der Waals surface area contributed by atoms with Crippen molar-refractivity contribution in [2.24, 2.45) is 5.10 Å². The van der Waals surface area contributed by atoms with Gasteiger partial charge in [0.2, 0.25) is 0 Å². The van der Waals surface area contributed by atoms with Crippen molar-refractivity contribution in [1.82, 2.24) is 15.0 Å². The Morgan fingerprint density at radius 2 is 1.65 bits per heavy atom. The minimum absolute atomic E-state index is 0.263. The molecule has 202 valence electrons. The summed E-state index contributed by atoms with van der Waals surface area (Å²) in [4.78, 5) is 17.4. The first-order valence-electron chi connectivity index (χ1n) is 13.3. The van der Waals surface area contributed by atoms with E-state index in [-0.39, 0.29) is 5.91 Å². The fourth-order valence-corrected chi connectivity index (χ4v) is 5.31. The van der Waals surface area contributed by atoms with Gasteiger partial charge in [-0.2, -0.15) is 5.10 Å². The summed E-state index contributed by atoms with van der Waals surface area (Å²) in [6, 6.07) is 26.3. The Morgan fingerprint density at radius 1 is 0.950 bits per heavy atom. The molecule has 0 aliphatic heterocycles. The van der Waals surface area contributed by atoms with Crippen LogP contribution in [0.5, 0.6) is 0 Å². The quantitative estimate of drug-likeness (QED) is 0.152. The highest BCUT2D eigenvalue weighted by molar-refractivity contribution is 7.14. The lowest BCUT2D eigenvalue weighted by atomic mass is 10.0. The van der Waals surface area contributed by atoms with Crippen LogP contribution in [0.15, 0.2) is 89.3 Å². The van der Waals surface area contributed by atoms with E-state index in [0.29, 0.717) is 11.5 Å². The molecule has 0 atom stereocenters. The van der Waals surface area contributed by atoms with Crippen LogP contribution in [0.3, 0.4) is 0 Å². The lowest BCUT2D eigenvalue weighted by Crippen LogP contribution is -2.17. The van der Waals surface area contributed by atoms with Crippen molar-refractivity contribution in [3.05, 3.63) is 118 Å². The maximum Gasteiger partial charge on any atom is 0.271 e. The molecular formula is C33H33N5OS. The molecule has 40 heavy (non-hydrogen) atoms. The molecule has 0 radical (unpaired) electrons. The molecule has 0 aliphatic rings. The molecular weight excluding hydrogens is 514 g/mol. The fraction of sp³-hybridized carbons (Fsp3) is 0.182. The van der Waals surface area contributed by atoms with Crippen LogP contribution >= 0.6 is 11.3 Å². The highest BCUT2D eigenvalue weighted by Gasteiger charge is 2.11. The van der Waals surface area contributed by atoms with Crippen LogP contribution < -0.4 is 10.7 Å². The van der Waals surface area contributed by atoms with Crippen molar-refractivity contribution in [2.45, 2.75) is 40.5 Å². The zero-order chi connectivity index (χ0) is 28.2. The van der Waals surface area contributed by atoms with E-state index in [1.54, 1.807) is 29.7 Å². The molecule has 6 nitrogen and oxygen atoms in total. The summed E-state index contributed by atoms with van der Waals surface area (Å²) in [5.74, 6) is 0.233. The third-order valence-electron chi connectivity index (χ3n) is 6.91. The second kappa shape index (κ2) is 11.7. The Balaban J connectivity index is 1.21. The minimum Gasteiger partial charge on any atom is -0.332 e. The molecule has 2 aromatic heterocycles. The molecule has 5 rings (SSSR count). The van der Waals surface area contributed by atoms with Crippen LogP contribution in [-0.4, -0.2) is 21.7 Å². The Morgan fingerprint density at radius 3 is 2.33 bits per heavy atom. The van der Waals surface area contributed by atoms with Crippen LogP contribution in [0.4, 0.5) is 10.8 Å². The van der Waals surface area contributed by atoms with Gasteiger partial charge in [0.25, 0.3) is 5.91 Å². The van der Waals surface area contributed by atoms with Gasteiger partial charge in [0.05, 0.1) is 11.9 Å². The van der Waals surface area contributed by atoms with Crippen molar-refractivity contribution >= 4 is 34.3 Å². The second-order valence-corrected chi connectivity index (χ2v) is 11.1. The fourth-order valence-electron chi connectivity index (χ4n) is 4.57. The Bertz CT molecular complexity index is 1640. The molecule has 2 heterocycles. The molecule has 0 unspecified atom stereocenters. The van der Waals surface area contributed by atoms with E-state index in [1.807, 2.05) is 29.6 Å². The Labute approximate surface area is 239 Å². The van der Waals surface area contributed by atoms with Crippen LogP contribution in [0.1, 0.15) is 58.2 Å². The number of thiazole rings is 1. The number of benzene rings is 3. The largest absolute Gasteiger partial charge is 0.332 e. The summed E-state index contributed by atoms with van der Waals surface area (Å²) in [5.41, 5.74) is 12.8. The van der Waals surface area contributed by atoms with Crippen molar-refractivity contribution < 1.29 is 4.79 Å². The molecule has 0 saturated carbocycles. The molecule has 1 amide bonds. The number of anilines is 2. The zero-order valence-corrected chi connectivity index (χ0v) is 24.2. The molecule has 0 bridgehead atoms. The van der Waals surface area contributed by atoms with Crippen molar-refractivity contribution in [1.29, 1.82) is 0 Å². The molecule has 0 fully saturated rings. The summed E-state index contributed by atoms with van der Waals surface area (Å²) in [5, 5.41) is 10.4. The van der Waals surface area contributed by atoms with E-state index in [1.165, 1.54) is 11.1 Å². The second-order valence-electron chi connectivity index (χ2n) is 10.2. The molecule has 7 heteroatoms. The van der Waals surface area contributed by atoms with Gasteiger partial charge in [-0.3, -0.25) is 4.79 Å². The number of amides is 1. The highest BCUT2D eigenvalue weighted by Crippen LogP contribution is 2.28.